The van der Waals surface area contributed by atoms with Gasteiger partial charge < -0.3 is 8.17 Å². The second-order valence-corrected chi connectivity index (χ2v) is 9.28. The predicted molar refractivity (Wildman–Crippen MR) is 122 cm³/mol. The predicted octanol–water partition coefficient (Wildman–Crippen LogP) is 7.06. The normalized spacial score (nSPS) is 29.2. The van der Waals surface area contributed by atoms with Crippen molar-refractivity contribution in [3.8, 4) is 5.75 Å². The molecular weight excluding hydrogens is 447 g/mol. The number of hydrogen-bond acceptors (Lipinski definition) is 2. The SMILES string of the molecule is Cc1c(C2CCC(O)CC2)ccc(CC/C=C/C2CCC(C)CC2)c1OI. The summed E-state index contributed by atoms with van der Waals surface area (Å²) in [7, 11) is 0. The Morgan fingerprint density at radius 3 is 2.44 bits per heavy atom. The molecule has 2 fully saturated rings. The fraction of sp³-hybridized carbons (Fsp3) is 0.667. The van der Waals surface area contributed by atoms with Gasteiger partial charge in [-0.3, -0.25) is 0 Å². The van der Waals surface area contributed by atoms with E-state index in [2.05, 4.69) is 38.1 Å². The first kappa shape index (κ1) is 21.2. The molecule has 3 heteroatoms. The Kier molecular flexibility index (Phi) is 8.07. The number of aliphatic hydroxyl groups excluding tert-OH is 1. The minimum atomic E-state index is -0.0970. The summed E-state index contributed by atoms with van der Waals surface area (Å²) in [4.78, 5) is 0. The molecule has 0 saturated heterocycles. The third-order valence-corrected chi connectivity index (χ3v) is 7.23. The highest BCUT2D eigenvalue weighted by Crippen LogP contribution is 2.39. The monoisotopic (exact) mass is 482 g/mol. The molecule has 2 nitrogen and oxygen atoms in total. The fourth-order valence-electron chi connectivity index (χ4n) is 4.90. The quantitative estimate of drug-likeness (QED) is 0.348. The molecule has 0 amide bonds. The zero-order valence-electron chi connectivity index (χ0n) is 16.9. The van der Waals surface area contributed by atoms with Gasteiger partial charge in [0.2, 0.25) is 0 Å². The highest BCUT2D eigenvalue weighted by atomic mass is 127. The first-order valence-corrected chi connectivity index (χ1v) is 11.7. The number of hydrogen-bond donors (Lipinski definition) is 1. The van der Waals surface area contributed by atoms with Gasteiger partial charge in [-0.05, 0) is 92.7 Å². The van der Waals surface area contributed by atoms with Crippen molar-refractivity contribution in [3.05, 3.63) is 41.0 Å². The average Bonchev–Trinajstić information content (AvgIpc) is 2.68. The Bertz CT molecular complexity index is 624. The molecule has 0 atom stereocenters. The van der Waals surface area contributed by atoms with Gasteiger partial charge in [0, 0.05) is 0 Å². The Balaban J connectivity index is 1.59. The molecule has 27 heavy (non-hydrogen) atoms. The van der Waals surface area contributed by atoms with Crippen LogP contribution in [0.1, 0.15) is 87.3 Å². The summed E-state index contributed by atoms with van der Waals surface area (Å²) in [5.74, 6) is 3.36. The van der Waals surface area contributed by atoms with Gasteiger partial charge in [-0.25, -0.2) is 0 Å². The van der Waals surface area contributed by atoms with Crippen LogP contribution in [0.15, 0.2) is 24.3 Å². The van der Waals surface area contributed by atoms with Crippen LogP contribution in [0, 0.1) is 18.8 Å². The highest BCUT2D eigenvalue weighted by Gasteiger charge is 2.24. The number of benzene rings is 1. The van der Waals surface area contributed by atoms with Crippen LogP contribution >= 0.6 is 23.0 Å². The van der Waals surface area contributed by atoms with Crippen molar-refractivity contribution in [3.63, 3.8) is 0 Å². The first-order valence-electron chi connectivity index (χ1n) is 10.8. The molecule has 1 aromatic rings. The lowest BCUT2D eigenvalue weighted by Gasteiger charge is -2.27. The summed E-state index contributed by atoms with van der Waals surface area (Å²) in [5.41, 5.74) is 4.04. The summed E-state index contributed by atoms with van der Waals surface area (Å²) in [6.07, 6.45) is 16.4. The van der Waals surface area contributed by atoms with Crippen LogP contribution in [0.2, 0.25) is 0 Å². The van der Waals surface area contributed by atoms with E-state index in [1.54, 1.807) is 0 Å². The van der Waals surface area contributed by atoms with Crippen molar-refractivity contribution in [2.24, 2.45) is 11.8 Å². The molecule has 2 saturated carbocycles. The topological polar surface area (TPSA) is 29.5 Å². The van der Waals surface area contributed by atoms with Gasteiger partial charge in [-0.1, -0.05) is 44.1 Å². The summed E-state index contributed by atoms with van der Waals surface area (Å²) in [6.45, 7) is 4.59. The number of aliphatic hydroxyl groups is 1. The summed E-state index contributed by atoms with van der Waals surface area (Å²) in [5, 5.41) is 9.78. The largest absolute Gasteiger partial charge is 0.427 e. The van der Waals surface area contributed by atoms with E-state index in [0.29, 0.717) is 5.92 Å². The van der Waals surface area contributed by atoms with Crippen LogP contribution < -0.4 is 3.07 Å². The van der Waals surface area contributed by atoms with Crippen molar-refractivity contribution < 1.29 is 8.17 Å². The smallest absolute Gasteiger partial charge is 0.192 e. The van der Waals surface area contributed by atoms with E-state index < -0.39 is 0 Å². The van der Waals surface area contributed by atoms with Crippen molar-refractivity contribution in [2.45, 2.75) is 90.1 Å². The van der Waals surface area contributed by atoms with Crippen LogP contribution in [-0.2, 0) is 6.42 Å². The van der Waals surface area contributed by atoms with Gasteiger partial charge in [0.15, 0.2) is 23.0 Å². The van der Waals surface area contributed by atoms with E-state index in [1.165, 1.54) is 42.4 Å². The summed E-state index contributed by atoms with van der Waals surface area (Å²) >= 11 is 2.04. The second kappa shape index (κ2) is 10.3. The molecule has 2 aliphatic carbocycles. The molecular formula is C24H35IO2. The maximum Gasteiger partial charge on any atom is 0.192 e. The molecule has 0 bridgehead atoms. The van der Waals surface area contributed by atoms with Gasteiger partial charge in [-0.2, -0.15) is 0 Å². The highest BCUT2D eigenvalue weighted by molar-refractivity contribution is 14.1. The van der Waals surface area contributed by atoms with E-state index in [-0.39, 0.29) is 6.10 Å². The first-order chi connectivity index (χ1) is 13.1. The zero-order chi connectivity index (χ0) is 19.2. The molecule has 150 valence electrons. The van der Waals surface area contributed by atoms with E-state index >= 15 is 0 Å². The lowest BCUT2D eigenvalue weighted by atomic mass is 9.80. The van der Waals surface area contributed by atoms with Crippen molar-refractivity contribution in [1.29, 1.82) is 0 Å². The van der Waals surface area contributed by atoms with Crippen LogP contribution in [0.25, 0.3) is 0 Å². The maximum absolute atomic E-state index is 9.78. The average molecular weight is 482 g/mol. The fourth-order valence-corrected chi connectivity index (χ4v) is 5.52. The molecule has 0 radical (unpaired) electrons. The maximum atomic E-state index is 9.78. The number of aryl methyl sites for hydroxylation is 1. The van der Waals surface area contributed by atoms with Crippen LogP contribution in [-0.4, -0.2) is 11.2 Å². The lowest BCUT2D eigenvalue weighted by molar-refractivity contribution is 0.122. The van der Waals surface area contributed by atoms with Crippen LogP contribution in [0.5, 0.6) is 5.75 Å². The minimum Gasteiger partial charge on any atom is -0.427 e. The second-order valence-electron chi connectivity index (χ2n) is 8.84. The van der Waals surface area contributed by atoms with Gasteiger partial charge in [0.25, 0.3) is 0 Å². The van der Waals surface area contributed by atoms with E-state index in [1.807, 2.05) is 23.0 Å². The minimum absolute atomic E-state index is 0.0970. The number of allylic oxidation sites excluding steroid dienone is 2. The number of rotatable bonds is 6. The van der Waals surface area contributed by atoms with Gasteiger partial charge in [0.05, 0.1) is 6.10 Å². The lowest BCUT2D eigenvalue weighted by Crippen LogP contribution is -2.17. The van der Waals surface area contributed by atoms with Crippen molar-refractivity contribution >= 4 is 23.0 Å². The Labute approximate surface area is 179 Å². The molecule has 1 N–H and O–H groups in total. The van der Waals surface area contributed by atoms with Crippen molar-refractivity contribution in [2.75, 3.05) is 0 Å². The van der Waals surface area contributed by atoms with Gasteiger partial charge in [-0.15, -0.1) is 0 Å². The Morgan fingerprint density at radius 2 is 1.78 bits per heavy atom. The van der Waals surface area contributed by atoms with Gasteiger partial charge in [0.1, 0.15) is 5.75 Å². The Hall–Kier alpha value is -0.550. The van der Waals surface area contributed by atoms with E-state index in [4.69, 9.17) is 3.07 Å². The molecule has 2 aliphatic rings. The summed E-state index contributed by atoms with van der Waals surface area (Å²) < 4.78 is 5.78. The molecule has 0 aliphatic heterocycles. The summed E-state index contributed by atoms with van der Waals surface area (Å²) in [6, 6.07) is 4.59. The Morgan fingerprint density at radius 1 is 1.07 bits per heavy atom. The molecule has 0 spiro atoms. The zero-order valence-corrected chi connectivity index (χ0v) is 19.1. The molecule has 3 rings (SSSR count). The van der Waals surface area contributed by atoms with Crippen LogP contribution in [0.3, 0.4) is 0 Å². The van der Waals surface area contributed by atoms with Crippen LogP contribution in [0.4, 0.5) is 0 Å². The molecule has 0 heterocycles. The molecule has 0 unspecified atom stereocenters. The van der Waals surface area contributed by atoms with E-state index in [0.717, 1.165) is 56.1 Å². The third-order valence-electron chi connectivity index (χ3n) is 6.79. The number of halogens is 1. The van der Waals surface area contributed by atoms with Crippen molar-refractivity contribution in [1.82, 2.24) is 0 Å². The molecule has 1 aromatic carbocycles. The van der Waals surface area contributed by atoms with Gasteiger partial charge >= 0.3 is 0 Å². The molecule has 0 aromatic heterocycles. The van der Waals surface area contributed by atoms with E-state index in [9.17, 15) is 5.11 Å². The third kappa shape index (κ3) is 5.72. The standard InChI is InChI=1S/C24H35IO2/c1-17-7-9-19(10-8-17)5-3-4-6-21-13-16-23(18(2)24(21)27-25)20-11-14-22(26)15-12-20/h3,5,13,16-17,19-20,22,26H,4,6-12,14-15H2,1-2H3/b5-3+.